The number of carbonyl (C=O) groups excluding carboxylic acids is 2. The van der Waals surface area contributed by atoms with Gasteiger partial charge in [-0.1, -0.05) is 24.3 Å². The van der Waals surface area contributed by atoms with Crippen molar-refractivity contribution in [3.63, 3.8) is 0 Å². The van der Waals surface area contributed by atoms with E-state index in [1.165, 1.54) is 69.7 Å². The highest BCUT2D eigenvalue weighted by Crippen LogP contribution is 2.07. The number of aromatic nitrogens is 6. The van der Waals surface area contributed by atoms with Crippen LogP contribution in [-0.2, 0) is 30.6 Å². The number of aryl methyl sites for hydroxylation is 3. The molecule has 0 aliphatic carbocycles. The molecule has 0 atom stereocenters. The van der Waals surface area contributed by atoms with Gasteiger partial charge in [0.2, 0.25) is 0 Å². The Morgan fingerprint density at radius 3 is 1.42 bits per heavy atom. The lowest BCUT2D eigenvalue weighted by Crippen LogP contribution is -2.40. The van der Waals surface area contributed by atoms with Gasteiger partial charge >= 0.3 is 42.1 Å². The first-order valence-corrected chi connectivity index (χ1v) is 18.3. The number of esters is 2. The number of carboxylic acid groups (broad SMARTS) is 1. The van der Waals surface area contributed by atoms with Crippen LogP contribution in [0.1, 0.15) is 44.9 Å². The van der Waals surface area contributed by atoms with E-state index >= 15 is 0 Å². The highest BCUT2D eigenvalue weighted by atomic mass is 19.1. The number of ether oxygens (including phenoxy) is 2. The van der Waals surface area contributed by atoms with Crippen LogP contribution in [0.3, 0.4) is 0 Å². The molecule has 0 saturated carbocycles. The monoisotopic (exact) mass is 894 g/mol. The number of carboxylic acids is 1. The molecule has 0 spiro atoms. The zero-order valence-electron chi connectivity index (χ0n) is 34.4. The van der Waals surface area contributed by atoms with Gasteiger partial charge in [0.15, 0.2) is 0 Å². The van der Waals surface area contributed by atoms with E-state index in [0.717, 1.165) is 61.1 Å². The Bertz CT molecular complexity index is 3050. The fourth-order valence-electron chi connectivity index (χ4n) is 5.10. The average molecular weight is 895 g/mol. The summed E-state index contributed by atoms with van der Waals surface area (Å²) in [5.74, 6) is -4.71. The van der Waals surface area contributed by atoms with E-state index in [0.29, 0.717) is 4.57 Å². The molecule has 0 bridgehead atoms. The van der Waals surface area contributed by atoms with Crippen molar-refractivity contribution in [2.24, 2.45) is 21.1 Å². The minimum absolute atomic E-state index is 0.0197. The van der Waals surface area contributed by atoms with Crippen LogP contribution in [0.5, 0.6) is 0 Å². The highest BCUT2D eigenvalue weighted by Gasteiger charge is 2.19. The molecule has 3 aromatic heterocycles. The molecule has 0 saturated heterocycles. The Morgan fingerprint density at radius 2 is 1.02 bits per heavy atom. The fraction of sp³-hybridized carbons (Fsp3) is 0.175. The van der Waals surface area contributed by atoms with Crippen molar-refractivity contribution in [2.75, 3.05) is 13.2 Å². The number of carbonyl (C=O) groups is 3. The molecule has 6 rings (SSSR count). The van der Waals surface area contributed by atoms with Gasteiger partial charge < -0.3 is 38.3 Å². The summed E-state index contributed by atoms with van der Waals surface area (Å²) in [4.78, 5) is 106. The molecule has 336 valence electrons. The van der Waals surface area contributed by atoms with Gasteiger partial charge in [-0.25, -0.2) is 51.1 Å². The summed E-state index contributed by atoms with van der Waals surface area (Å²) in [7, 11) is 2.54. The topological polar surface area (TPSA) is 273 Å². The lowest BCUT2D eigenvalue weighted by molar-refractivity contribution is 0.0513. The quantitative estimate of drug-likeness (QED) is 0.116. The number of rotatable bonds is 8. The number of hydrogen-bond donors (Lipinski definition) is 4. The molecule has 0 radical (unpaired) electrons. The maximum Gasteiger partial charge on any atom is 0.488 e. The third kappa shape index (κ3) is 12.9. The summed E-state index contributed by atoms with van der Waals surface area (Å²) >= 11 is 0. The van der Waals surface area contributed by atoms with E-state index in [1.54, 1.807) is 13.8 Å². The zero-order chi connectivity index (χ0) is 48.0. The molecule has 6 aromatic rings. The standard InChI is InChI=1S/C14H13FN2O4.C12H9FN2O4.C8H10N2O4.C6H6BFO2/c1-3-21-13(19)11-8-16(2)14(20)17(12(11)18)10-6-4-5-9(15)7-10;1-14-6-9(11(17)18)10(16)15(12(14)19)8-4-2-3-7(13)5-8;1-3-14-7(12)5-4-10(2)8(13)9-6(5)11;8-6-3-1-2-5(4-6)7(9)10/h4-8H,3H2,1-2H3;2-6H,1H3,(H,17,18);4H,3H2,1-2H3,(H,9,11,13);1-4,9-10H. The Balaban J connectivity index is 0.000000235. The van der Waals surface area contributed by atoms with Gasteiger partial charge in [-0.05, 0) is 67.8 Å². The summed E-state index contributed by atoms with van der Waals surface area (Å²) in [6, 6.07) is 15.0. The van der Waals surface area contributed by atoms with Crippen LogP contribution in [0.4, 0.5) is 13.2 Å². The SMILES string of the molecule is CCOC(=O)c1cn(C)c(=O)[nH]c1=O.CCOC(=O)c1cn(C)c(=O)n(-c2cccc(F)c2)c1=O.Cn1cc(C(=O)O)c(=O)n(-c2cccc(F)c2)c1=O.OB(O)c1cccc(F)c1. The molecule has 20 nitrogen and oxygen atoms in total. The summed E-state index contributed by atoms with van der Waals surface area (Å²) in [5.41, 5.74) is -5.40. The van der Waals surface area contributed by atoms with Gasteiger partial charge in [0.05, 0.1) is 24.6 Å². The van der Waals surface area contributed by atoms with Crippen LogP contribution in [-0.4, -0.2) is 81.2 Å². The van der Waals surface area contributed by atoms with E-state index in [1.807, 2.05) is 4.98 Å². The molecular weight excluding hydrogens is 856 g/mol. The van der Waals surface area contributed by atoms with Gasteiger partial charge in [-0.2, -0.15) is 0 Å². The summed E-state index contributed by atoms with van der Waals surface area (Å²) < 4.78 is 52.6. The predicted molar refractivity (Wildman–Crippen MR) is 222 cm³/mol. The first-order valence-electron chi connectivity index (χ1n) is 18.3. The van der Waals surface area contributed by atoms with E-state index < -0.39 is 81.8 Å². The lowest BCUT2D eigenvalue weighted by Gasteiger charge is -2.09. The van der Waals surface area contributed by atoms with Gasteiger partial charge in [0.1, 0.15) is 34.1 Å². The number of nitrogens with zero attached hydrogens (tertiary/aromatic N) is 5. The van der Waals surface area contributed by atoms with Crippen molar-refractivity contribution >= 4 is 30.5 Å². The minimum Gasteiger partial charge on any atom is -0.477 e. The average Bonchev–Trinajstić information content (AvgIpc) is 3.23. The van der Waals surface area contributed by atoms with Crippen LogP contribution in [0.15, 0.2) is 120 Å². The number of aromatic amines is 1. The number of hydrogen-bond acceptors (Lipinski definition) is 13. The smallest absolute Gasteiger partial charge is 0.477 e. The molecule has 3 aromatic carbocycles. The second-order valence-corrected chi connectivity index (χ2v) is 12.7. The van der Waals surface area contributed by atoms with Crippen LogP contribution < -0.4 is 39.2 Å². The van der Waals surface area contributed by atoms with Crippen LogP contribution >= 0.6 is 0 Å². The number of halogens is 3. The van der Waals surface area contributed by atoms with Crippen molar-refractivity contribution in [1.82, 2.24) is 27.8 Å². The molecule has 0 aliphatic rings. The molecule has 4 N–H and O–H groups in total. The first-order chi connectivity index (χ1) is 30.1. The van der Waals surface area contributed by atoms with Crippen molar-refractivity contribution in [3.05, 3.63) is 188 Å². The van der Waals surface area contributed by atoms with E-state index in [-0.39, 0.29) is 41.2 Å². The van der Waals surface area contributed by atoms with Crippen molar-refractivity contribution in [3.8, 4) is 11.4 Å². The summed E-state index contributed by atoms with van der Waals surface area (Å²) in [6.07, 6.45) is 3.19. The maximum atomic E-state index is 13.3. The molecule has 24 heteroatoms. The Labute approximate surface area is 357 Å². The number of benzene rings is 3. The normalized spacial score (nSPS) is 10.2. The molecular formula is C40H38BF3N6O14. The van der Waals surface area contributed by atoms with Crippen LogP contribution in [0.2, 0.25) is 0 Å². The number of nitrogens with one attached hydrogen (secondary N) is 1. The second-order valence-electron chi connectivity index (χ2n) is 12.7. The molecule has 0 aliphatic heterocycles. The molecule has 0 fully saturated rings. The van der Waals surface area contributed by atoms with Crippen molar-refractivity contribution in [1.29, 1.82) is 0 Å². The van der Waals surface area contributed by atoms with E-state index in [2.05, 4.69) is 4.74 Å². The van der Waals surface area contributed by atoms with Gasteiger partial charge in [-0.15, -0.1) is 0 Å². The van der Waals surface area contributed by atoms with Crippen molar-refractivity contribution < 1.29 is 52.2 Å². The second kappa shape index (κ2) is 22.6. The van der Waals surface area contributed by atoms with Crippen LogP contribution in [0.25, 0.3) is 11.4 Å². The third-order valence-corrected chi connectivity index (χ3v) is 8.11. The summed E-state index contributed by atoms with van der Waals surface area (Å²) in [5, 5.41) is 26.0. The maximum absolute atomic E-state index is 13.3. The first kappa shape index (κ1) is 50.2. The number of H-pyrrole nitrogens is 1. The highest BCUT2D eigenvalue weighted by molar-refractivity contribution is 6.58. The zero-order valence-corrected chi connectivity index (χ0v) is 34.4. The van der Waals surface area contributed by atoms with Gasteiger partial charge in [-0.3, -0.25) is 19.4 Å². The van der Waals surface area contributed by atoms with Gasteiger partial charge in [0, 0.05) is 39.7 Å². The predicted octanol–water partition coefficient (Wildman–Crippen LogP) is -0.0187. The molecule has 0 unspecified atom stereocenters. The largest absolute Gasteiger partial charge is 0.488 e. The van der Waals surface area contributed by atoms with Crippen molar-refractivity contribution in [2.45, 2.75) is 13.8 Å². The molecule has 0 amide bonds. The Morgan fingerprint density at radius 1 is 0.609 bits per heavy atom. The molecule has 64 heavy (non-hydrogen) atoms. The Kier molecular flexibility index (Phi) is 17.8. The summed E-state index contributed by atoms with van der Waals surface area (Å²) in [6.45, 7) is 3.52. The van der Waals surface area contributed by atoms with Crippen LogP contribution in [0, 0.1) is 17.5 Å². The molecule has 3 heterocycles. The van der Waals surface area contributed by atoms with E-state index in [4.69, 9.17) is 19.9 Å². The van der Waals surface area contributed by atoms with E-state index in [9.17, 15) is 56.3 Å². The number of aromatic carboxylic acids is 1. The fourth-order valence-corrected chi connectivity index (χ4v) is 5.10. The Hall–Kier alpha value is -8.12. The third-order valence-electron chi connectivity index (χ3n) is 8.11. The minimum atomic E-state index is -1.59. The van der Waals surface area contributed by atoms with Gasteiger partial charge in [0.25, 0.3) is 16.7 Å². The lowest BCUT2D eigenvalue weighted by atomic mass is 9.80.